The summed E-state index contributed by atoms with van der Waals surface area (Å²) >= 11 is 1.90. The maximum atomic E-state index is 6.02. The Bertz CT molecular complexity index is 372. The molecule has 1 aromatic heterocycles. The van der Waals surface area contributed by atoms with Gasteiger partial charge in [-0.2, -0.15) is 0 Å². The van der Waals surface area contributed by atoms with Crippen LogP contribution in [0.4, 0.5) is 0 Å². The summed E-state index contributed by atoms with van der Waals surface area (Å²) in [7, 11) is 0. The number of nitrogens with two attached hydrogens (primary N) is 1. The summed E-state index contributed by atoms with van der Waals surface area (Å²) in [6, 6.07) is 2.76. The van der Waals surface area contributed by atoms with E-state index >= 15 is 0 Å². The van der Waals surface area contributed by atoms with Crippen LogP contribution in [0.2, 0.25) is 0 Å². The van der Waals surface area contributed by atoms with Crippen LogP contribution in [-0.2, 0) is 0 Å². The minimum absolute atomic E-state index is 0.433. The average molecular weight is 252 g/mol. The van der Waals surface area contributed by atoms with Crippen LogP contribution in [0.3, 0.4) is 0 Å². The number of hydrogen-bond donors (Lipinski definition) is 1. The lowest BCUT2D eigenvalue weighted by atomic mass is 9.96. The van der Waals surface area contributed by atoms with Crippen molar-refractivity contribution in [1.82, 2.24) is 4.90 Å². The summed E-state index contributed by atoms with van der Waals surface area (Å²) in [4.78, 5) is 5.43. The number of piperidine rings is 1. The summed E-state index contributed by atoms with van der Waals surface area (Å²) < 4.78 is 0. The van der Waals surface area contributed by atoms with Crippen LogP contribution in [-0.4, -0.2) is 24.5 Å². The Hall–Kier alpha value is -0.380. The van der Waals surface area contributed by atoms with Crippen molar-refractivity contribution in [2.24, 2.45) is 11.7 Å². The third-order valence-electron chi connectivity index (χ3n) is 3.79. The van der Waals surface area contributed by atoms with Crippen LogP contribution in [0.15, 0.2) is 6.07 Å². The second-order valence-corrected chi connectivity index (χ2v) is 6.82. The van der Waals surface area contributed by atoms with E-state index in [2.05, 4.69) is 31.7 Å². The zero-order valence-electron chi connectivity index (χ0n) is 11.2. The fraction of sp³-hybridized carbons (Fsp3) is 0.714. The van der Waals surface area contributed by atoms with Crippen LogP contribution in [0.25, 0.3) is 0 Å². The molecule has 2 nitrogen and oxygen atoms in total. The molecule has 2 atom stereocenters. The molecule has 0 saturated carbocycles. The van der Waals surface area contributed by atoms with Crippen molar-refractivity contribution in [2.45, 2.75) is 39.7 Å². The molecule has 0 bridgehead atoms. The summed E-state index contributed by atoms with van der Waals surface area (Å²) in [5.74, 6) is 0.817. The summed E-state index contributed by atoms with van der Waals surface area (Å²) in [5.41, 5.74) is 7.48. The quantitative estimate of drug-likeness (QED) is 0.895. The fourth-order valence-corrected chi connectivity index (χ4v) is 3.94. The van der Waals surface area contributed by atoms with E-state index in [1.165, 1.54) is 41.2 Å². The van der Waals surface area contributed by atoms with Crippen LogP contribution in [0.1, 0.15) is 41.1 Å². The third kappa shape index (κ3) is 2.90. The van der Waals surface area contributed by atoms with Gasteiger partial charge < -0.3 is 5.73 Å². The molecule has 0 aliphatic carbocycles. The van der Waals surface area contributed by atoms with Gasteiger partial charge in [0.25, 0.3) is 0 Å². The Kier molecular flexibility index (Phi) is 4.23. The van der Waals surface area contributed by atoms with Gasteiger partial charge in [-0.05, 0) is 50.8 Å². The van der Waals surface area contributed by atoms with Crippen LogP contribution in [0, 0.1) is 19.8 Å². The van der Waals surface area contributed by atoms with E-state index in [9.17, 15) is 0 Å². The van der Waals surface area contributed by atoms with Crippen molar-refractivity contribution >= 4 is 11.3 Å². The molecule has 17 heavy (non-hydrogen) atoms. The number of thiophene rings is 1. The zero-order chi connectivity index (χ0) is 12.4. The van der Waals surface area contributed by atoms with Gasteiger partial charge in [-0.15, -0.1) is 11.3 Å². The normalized spacial score (nSPS) is 23.9. The number of nitrogens with zero attached hydrogens (tertiary/aromatic N) is 1. The van der Waals surface area contributed by atoms with Crippen LogP contribution < -0.4 is 5.73 Å². The van der Waals surface area contributed by atoms with Gasteiger partial charge in [0.15, 0.2) is 0 Å². The monoisotopic (exact) mass is 252 g/mol. The van der Waals surface area contributed by atoms with E-state index in [4.69, 9.17) is 5.73 Å². The standard InChI is InChI=1S/C14H24N2S/c1-10-5-4-6-16(9-10)14(8-15)13-7-11(2)17-12(13)3/h7,10,14H,4-6,8-9,15H2,1-3H3. The Morgan fingerprint density at radius 2 is 2.29 bits per heavy atom. The number of aryl methyl sites for hydroxylation is 2. The molecule has 1 saturated heterocycles. The molecule has 0 aromatic carbocycles. The predicted molar refractivity (Wildman–Crippen MR) is 75.6 cm³/mol. The van der Waals surface area contributed by atoms with Crippen molar-refractivity contribution in [3.8, 4) is 0 Å². The first-order valence-corrected chi connectivity index (χ1v) is 7.44. The minimum Gasteiger partial charge on any atom is -0.329 e. The van der Waals surface area contributed by atoms with E-state index in [0.717, 1.165) is 12.5 Å². The Morgan fingerprint density at radius 1 is 1.53 bits per heavy atom. The van der Waals surface area contributed by atoms with Crippen molar-refractivity contribution in [1.29, 1.82) is 0 Å². The lowest BCUT2D eigenvalue weighted by molar-refractivity contribution is 0.133. The van der Waals surface area contributed by atoms with Crippen molar-refractivity contribution in [3.63, 3.8) is 0 Å². The van der Waals surface area contributed by atoms with Gasteiger partial charge >= 0.3 is 0 Å². The number of rotatable bonds is 3. The van der Waals surface area contributed by atoms with Gasteiger partial charge in [-0.25, -0.2) is 0 Å². The summed E-state index contributed by atoms with van der Waals surface area (Å²) in [6.07, 6.45) is 2.69. The average Bonchev–Trinajstić information content (AvgIpc) is 2.59. The second-order valence-electron chi connectivity index (χ2n) is 5.36. The molecule has 1 aliphatic heterocycles. The molecule has 3 heteroatoms. The van der Waals surface area contributed by atoms with Gasteiger partial charge in [0.2, 0.25) is 0 Å². The topological polar surface area (TPSA) is 29.3 Å². The summed E-state index contributed by atoms with van der Waals surface area (Å²) in [5, 5.41) is 0. The Labute approximate surface area is 109 Å². The van der Waals surface area contributed by atoms with E-state index < -0.39 is 0 Å². The molecule has 0 radical (unpaired) electrons. The van der Waals surface area contributed by atoms with Gasteiger partial charge in [0, 0.05) is 28.9 Å². The minimum atomic E-state index is 0.433. The second kappa shape index (κ2) is 5.51. The molecule has 96 valence electrons. The Morgan fingerprint density at radius 3 is 2.82 bits per heavy atom. The van der Waals surface area contributed by atoms with Gasteiger partial charge in [0.05, 0.1) is 0 Å². The van der Waals surface area contributed by atoms with Crippen LogP contribution >= 0.6 is 11.3 Å². The molecule has 1 aromatic rings. The molecule has 2 unspecified atom stereocenters. The van der Waals surface area contributed by atoms with E-state index in [1.807, 2.05) is 11.3 Å². The first-order chi connectivity index (χ1) is 8.11. The van der Waals surface area contributed by atoms with Crippen LogP contribution in [0.5, 0.6) is 0 Å². The summed E-state index contributed by atoms with van der Waals surface area (Å²) in [6.45, 7) is 9.92. The van der Waals surface area contributed by atoms with Crippen molar-refractivity contribution in [3.05, 3.63) is 21.4 Å². The number of likely N-dealkylation sites (tertiary alicyclic amines) is 1. The molecule has 0 amide bonds. The highest BCUT2D eigenvalue weighted by molar-refractivity contribution is 7.12. The van der Waals surface area contributed by atoms with Gasteiger partial charge in [-0.3, -0.25) is 4.90 Å². The maximum absolute atomic E-state index is 6.02. The lowest BCUT2D eigenvalue weighted by Crippen LogP contribution is -2.40. The fourth-order valence-electron chi connectivity index (χ4n) is 2.96. The molecule has 2 N–H and O–H groups in total. The zero-order valence-corrected chi connectivity index (χ0v) is 12.0. The van der Waals surface area contributed by atoms with E-state index in [1.54, 1.807) is 0 Å². The Balaban J connectivity index is 2.18. The third-order valence-corrected chi connectivity index (χ3v) is 4.77. The molecular weight excluding hydrogens is 228 g/mol. The lowest BCUT2D eigenvalue weighted by Gasteiger charge is -2.37. The SMILES string of the molecule is Cc1cc(C(CN)N2CCCC(C)C2)c(C)s1. The smallest absolute Gasteiger partial charge is 0.0481 e. The molecule has 2 heterocycles. The highest BCUT2D eigenvalue weighted by Crippen LogP contribution is 2.32. The molecule has 1 aliphatic rings. The first-order valence-electron chi connectivity index (χ1n) is 6.63. The predicted octanol–water partition coefficient (Wildman–Crippen LogP) is 3.10. The van der Waals surface area contributed by atoms with E-state index in [0.29, 0.717) is 6.04 Å². The highest BCUT2D eigenvalue weighted by atomic mass is 32.1. The molecular formula is C14H24N2S. The maximum Gasteiger partial charge on any atom is 0.0481 e. The van der Waals surface area contributed by atoms with Crippen molar-refractivity contribution in [2.75, 3.05) is 19.6 Å². The van der Waals surface area contributed by atoms with Gasteiger partial charge in [0.1, 0.15) is 0 Å². The van der Waals surface area contributed by atoms with Crippen molar-refractivity contribution < 1.29 is 0 Å². The molecule has 2 rings (SSSR count). The number of hydrogen-bond acceptors (Lipinski definition) is 3. The molecule has 1 fully saturated rings. The first kappa shape index (κ1) is 13.1. The van der Waals surface area contributed by atoms with Gasteiger partial charge in [-0.1, -0.05) is 6.92 Å². The van der Waals surface area contributed by atoms with E-state index in [-0.39, 0.29) is 0 Å². The largest absolute Gasteiger partial charge is 0.329 e. The highest BCUT2D eigenvalue weighted by Gasteiger charge is 2.25. The molecule has 0 spiro atoms.